The van der Waals surface area contributed by atoms with Crippen molar-refractivity contribution >= 4 is 15.8 Å². The molecule has 0 saturated carbocycles. The quantitative estimate of drug-likeness (QED) is 0.777. The van der Waals surface area contributed by atoms with E-state index in [1.807, 2.05) is 0 Å². The van der Waals surface area contributed by atoms with E-state index in [2.05, 4.69) is 5.16 Å². The van der Waals surface area contributed by atoms with Crippen LogP contribution >= 0.6 is 0 Å². The molecule has 0 spiro atoms. The van der Waals surface area contributed by atoms with Crippen LogP contribution in [0.5, 0.6) is 0 Å². The lowest BCUT2D eigenvalue weighted by atomic mass is 10.1. The molecule has 0 N–H and O–H groups in total. The Bertz CT molecular complexity index is 517. The largest absolute Gasteiger partial charge is 0.360 e. The van der Waals surface area contributed by atoms with E-state index in [1.165, 1.54) is 4.31 Å². The molecule has 17 heavy (non-hydrogen) atoms. The van der Waals surface area contributed by atoms with Crippen LogP contribution < -0.4 is 0 Å². The van der Waals surface area contributed by atoms with Gasteiger partial charge in [0.1, 0.15) is 16.4 Å². The van der Waals surface area contributed by atoms with Crippen LogP contribution in [0.3, 0.4) is 0 Å². The van der Waals surface area contributed by atoms with E-state index in [0.717, 1.165) is 0 Å². The normalized spacial score (nSPS) is 18.6. The SMILES string of the molecule is Cc1noc(C)c1S(=O)(=O)N1CCC(=O)CC1. The number of nitrogens with zero attached hydrogens (tertiary/aromatic N) is 2. The molecular weight excluding hydrogens is 244 g/mol. The Balaban J connectivity index is 2.34. The van der Waals surface area contributed by atoms with Crippen LogP contribution in [0.25, 0.3) is 0 Å². The third-order valence-corrected chi connectivity index (χ3v) is 4.99. The Morgan fingerprint density at radius 2 is 1.82 bits per heavy atom. The van der Waals surface area contributed by atoms with Crippen molar-refractivity contribution in [2.24, 2.45) is 0 Å². The highest BCUT2D eigenvalue weighted by atomic mass is 32.2. The van der Waals surface area contributed by atoms with E-state index >= 15 is 0 Å². The second-order valence-electron chi connectivity index (χ2n) is 4.10. The summed E-state index contributed by atoms with van der Waals surface area (Å²) >= 11 is 0. The number of hydrogen-bond acceptors (Lipinski definition) is 5. The summed E-state index contributed by atoms with van der Waals surface area (Å²) in [6.45, 7) is 3.65. The Morgan fingerprint density at radius 1 is 1.24 bits per heavy atom. The van der Waals surface area contributed by atoms with Gasteiger partial charge >= 0.3 is 0 Å². The van der Waals surface area contributed by atoms with E-state index in [-0.39, 0.29) is 36.6 Å². The Kier molecular flexibility index (Phi) is 3.05. The second-order valence-corrected chi connectivity index (χ2v) is 5.97. The van der Waals surface area contributed by atoms with Crippen LogP contribution in [0.1, 0.15) is 24.3 Å². The maximum atomic E-state index is 12.3. The smallest absolute Gasteiger partial charge is 0.248 e. The van der Waals surface area contributed by atoms with Crippen molar-refractivity contribution < 1.29 is 17.7 Å². The van der Waals surface area contributed by atoms with Gasteiger partial charge in [0.05, 0.1) is 0 Å². The zero-order valence-corrected chi connectivity index (χ0v) is 10.6. The van der Waals surface area contributed by atoms with Gasteiger partial charge in [-0.2, -0.15) is 4.31 Å². The molecule has 1 aliphatic rings. The number of sulfonamides is 1. The fourth-order valence-electron chi connectivity index (χ4n) is 1.95. The van der Waals surface area contributed by atoms with Gasteiger partial charge in [-0.3, -0.25) is 4.79 Å². The lowest BCUT2D eigenvalue weighted by Crippen LogP contribution is -2.38. The summed E-state index contributed by atoms with van der Waals surface area (Å²) < 4.78 is 30.8. The molecule has 94 valence electrons. The molecular formula is C10H14N2O4S. The number of rotatable bonds is 2. The van der Waals surface area contributed by atoms with Crippen molar-refractivity contribution in [3.8, 4) is 0 Å². The van der Waals surface area contributed by atoms with Gasteiger partial charge in [0.25, 0.3) is 0 Å². The number of carbonyl (C=O) groups is 1. The Labute approximate surface area is 99.6 Å². The van der Waals surface area contributed by atoms with Crippen molar-refractivity contribution in [1.82, 2.24) is 9.46 Å². The fraction of sp³-hybridized carbons (Fsp3) is 0.600. The molecule has 1 fully saturated rings. The average molecular weight is 258 g/mol. The maximum absolute atomic E-state index is 12.3. The number of aryl methyl sites for hydroxylation is 2. The number of carbonyl (C=O) groups excluding carboxylic acids is 1. The van der Waals surface area contributed by atoms with Gasteiger partial charge in [0, 0.05) is 25.9 Å². The highest BCUT2D eigenvalue weighted by Gasteiger charge is 2.33. The van der Waals surface area contributed by atoms with Crippen molar-refractivity contribution in [3.05, 3.63) is 11.5 Å². The standard InChI is InChI=1S/C10H14N2O4S/c1-7-10(8(2)16-11-7)17(14,15)12-5-3-9(13)4-6-12/h3-6H2,1-2H3. The predicted molar refractivity (Wildman–Crippen MR) is 59.0 cm³/mol. The number of aromatic nitrogens is 1. The summed E-state index contributed by atoms with van der Waals surface area (Å²) in [7, 11) is -3.58. The molecule has 7 heteroatoms. The number of Topliss-reactive ketones (excluding diaryl/α,β-unsaturated/α-hetero) is 1. The first-order valence-corrected chi connectivity index (χ1v) is 6.81. The van der Waals surface area contributed by atoms with Gasteiger partial charge in [-0.1, -0.05) is 5.16 Å². The molecule has 1 aromatic heterocycles. The van der Waals surface area contributed by atoms with E-state index in [0.29, 0.717) is 11.5 Å². The number of piperidine rings is 1. The minimum Gasteiger partial charge on any atom is -0.360 e. The highest BCUT2D eigenvalue weighted by Crippen LogP contribution is 2.24. The molecule has 0 aromatic carbocycles. The van der Waals surface area contributed by atoms with Crippen molar-refractivity contribution in [2.45, 2.75) is 31.6 Å². The minimum atomic E-state index is -3.58. The van der Waals surface area contributed by atoms with E-state index in [1.54, 1.807) is 13.8 Å². The number of hydrogen-bond donors (Lipinski definition) is 0. The second kappa shape index (κ2) is 4.23. The average Bonchev–Trinajstić information content (AvgIpc) is 2.59. The predicted octanol–water partition coefficient (Wildman–Crippen LogP) is 0.645. The summed E-state index contributed by atoms with van der Waals surface area (Å²) in [6.07, 6.45) is 0.561. The Hall–Kier alpha value is -1.21. The minimum absolute atomic E-state index is 0.107. The summed E-state index contributed by atoms with van der Waals surface area (Å²) in [5.74, 6) is 0.398. The molecule has 0 unspecified atom stereocenters. The van der Waals surface area contributed by atoms with Crippen LogP contribution in [0, 0.1) is 13.8 Å². The first-order chi connectivity index (χ1) is 7.93. The van der Waals surface area contributed by atoms with Gasteiger partial charge in [0.2, 0.25) is 10.0 Å². The molecule has 2 rings (SSSR count). The zero-order chi connectivity index (χ0) is 12.6. The van der Waals surface area contributed by atoms with Gasteiger partial charge in [-0.25, -0.2) is 8.42 Å². The van der Waals surface area contributed by atoms with Crippen molar-refractivity contribution in [1.29, 1.82) is 0 Å². The topological polar surface area (TPSA) is 80.5 Å². The van der Waals surface area contributed by atoms with E-state index < -0.39 is 10.0 Å². The molecule has 0 aliphatic carbocycles. The molecule has 0 radical (unpaired) electrons. The van der Waals surface area contributed by atoms with Crippen LogP contribution in [0.2, 0.25) is 0 Å². The molecule has 0 atom stereocenters. The maximum Gasteiger partial charge on any atom is 0.248 e. The molecule has 0 bridgehead atoms. The van der Waals surface area contributed by atoms with Crippen LogP contribution in [-0.2, 0) is 14.8 Å². The summed E-state index contributed by atoms with van der Waals surface area (Å²) in [5.41, 5.74) is 0.361. The molecule has 1 saturated heterocycles. The van der Waals surface area contributed by atoms with Crippen LogP contribution in [0.15, 0.2) is 9.42 Å². The summed E-state index contributed by atoms with van der Waals surface area (Å²) in [5, 5.41) is 3.64. The lowest BCUT2D eigenvalue weighted by molar-refractivity contribution is -0.120. The van der Waals surface area contributed by atoms with Gasteiger partial charge in [-0.15, -0.1) is 0 Å². The van der Waals surface area contributed by atoms with E-state index in [9.17, 15) is 13.2 Å². The monoisotopic (exact) mass is 258 g/mol. The molecule has 6 nitrogen and oxygen atoms in total. The molecule has 2 heterocycles. The molecule has 1 aromatic rings. The van der Waals surface area contributed by atoms with Crippen molar-refractivity contribution in [3.63, 3.8) is 0 Å². The third kappa shape index (κ3) is 2.12. The third-order valence-electron chi connectivity index (χ3n) is 2.85. The molecule has 0 amide bonds. The summed E-state index contributed by atoms with van der Waals surface area (Å²) in [6, 6.07) is 0. The summed E-state index contributed by atoms with van der Waals surface area (Å²) in [4.78, 5) is 11.2. The molecule has 1 aliphatic heterocycles. The first kappa shape index (κ1) is 12.3. The van der Waals surface area contributed by atoms with Crippen molar-refractivity contribution in [2.75, 3.05) is 13.1 Å². The first-order valence-electron chi connectivity index (χ1n) is 5.37. The highest BCUT2D eigenvalue weighted by molar-refractivity contribution is 7.89. The van der Waals surface area contributed by atoms with Gasteiger partial charge in [0.15, 0.2) is 5.76 Å². The van der Waals surface area contributed by atoms with Gasteiger partial charge < -0.3 is 4.52 Å². The van der Waals surface area contributed by atoms with E-state index in [4.69, 9.17) is 4.52 Å². The Morgan fingerprint density at radius 3 is 2.29 bits per heavy atom. The zero-order valence-electron chi connectivity index (χ0n) is 9.76. The fourth-order valence-corrected chi connectivity index (χ4v) is 3.68. The van der Waals surface area contributed by atoms with Crippen LogP contribution in [0.4, 0.5) is 0 Å². The van der Waals surface area contributed by atoms with Gasteiger partial charge in [-0.05, 0) is 13.8 Å². The lowest BCUT2D eigenvalue weighted by Gasteiger charge is -2.24. The number of ketones is 1. The van der Waals surface area contributed by atoms with Crippen LogP contribution in [-0.4, -0.2) is 36.8 Å².